The van der Waals surface area contributed by atoms with Gasteiger partial charge in [0.15, 0.2) is 0 Å². The van der Waals surface area contributed by atoms with E-state index in [1.165, 1.54) is 11.1 Å². The molecule has 2 aromatic carbocycles. The highest BCUT2D eigenvalue weighted by molar-refractivity contribution is 5.43. The molecule has 0 aromatic heterocycles. The molecule has 2 aliphatic rings. The fourth-order valence-electron chi connectivity index (χ4n) is 4.04. The first kappa shape index (κ1) is 17.1. The zero-order valence-electron chi connectivity index (χ0n) is 15.1. The zero-order chi connectivity index (χ0) is 18.5. The second-order valence-corrected chi connectivity index (χ2v) is 6.71. The van der Waals surface area contributed by atoms with E-state index in [0.717, 1.165) is 6.42 Å². The molecule has 4 heteroatoms. The Labute approximate surface area is 160 Å². The fourth-order valence-corrected chi connectivity index (χ4v) is 4.04. The molecule has 1 aliphatic heterocycles. The maximum Gasteiger partial charge on any atom is 0.122 e. The summed E-state index contributed by atoms with van der Waals surface area (Å²) in [5.74, 6) is 0.228. The van der Waals surface area contributed by atoms with Gasteiger partial charge in [-0.3, -0.25) is 10.0 Å². The highest BCUT2D eigenvalue weighted by atomic mass is 15.8. The molecule has 0 fully saturated rings. The molecular formula is C23H22N4. The fraction of sp³-hybridized carbons (Fsp3) is 0.174. The second kappa shape index (κ2) is 7.53. The molecule has 27 heavy (non-hydrogen) atoms. The van der Waals surface area contributed by atoms with Crippen molar-refractivity contribution in [3.8, 4) is 6.07 Å². The van der Waals surface area contributed by atoms with Gasteiger partial charge in [-0.1, -0.05) is 85.0 Å². The number of rotatable bonds is 5. The normalized spacial score (nSPS) is 18.7. The van der Waals surface area contributed by atoms with Crippen LogP contribution >= 0.6 is 0 Å². The summed E-state index contributed by atoms with van der Waals surface area (Å²) in [4.78, 5) is 0. The molecule has 0 spiro atoms. The summed E-state index contributed by atoms with van der Waals surface area (Å²) in [5.41, 5.74) is 5.37. The highest BCUT2D eigenvalue weighted by Crippen LogP contribution is 2.45. The van der Waals surface area contributed by atoms with Gasteiger partial charge in [-0.05, 0) is 17.5 Å². The lowest BCUT2D eigenvalue weighted by Gasteiger charge is -2.47. The van der Waals surface area contributed by atoms with Gasteiger partial charge < -0.3 is 0 Å². The van der Waals surface area contributed by atoms with Crippen LogP contribution in [0.3, 0.4) is 0 Å². The molecule has 2 aromatic rings. The average molecular weight is 354 g/mol. The molecule has 1 atom stereocenters. The number of nitrogens with zero attached hydrogens (tertiary/aromatic N) is 3. The third-order valence-electron chi connectivity index (χ3n) is 5.20. The first-order chi connectivity index (χ1) is 13.4. The molecule has 1 aliphatic carbocycles. The standard InChI is InChI=1S/C23H22N4/c24-16-17-26-18-19-27(25-26)23(20-10-4-1-5-11-20,21-12-6-2-7-13-21)22-14-8-3-9-15-22/h1-14,18-19,22,25H,15,17H2. The van der Waals surface area contributed by atoms with Gasteiger partial charge in [0.1, 0.15) is 12.1 Å². The number of hydrogen-bond acceptors (Lipinski definition) is 4. The Morgan fingerprint density at radius 2 is 1.63 bits per heavy atom. The molecule has 0 saturated heterocycles. The van der Waals surface area contributed by atoms with Crippen LogP contribution in [0.4, 0.5) is 0 Å². The van der Waals surface area contributed by atoms with E-state index in [2.05, 4.69) is 89.4 Å². The predicted octanol–water partition coefficient (Wildman–Crippen LogP) is 4.09. The van der Waals surface area contributed by atoms with E-state index < -0.39 is 5.54 Å². The molecule has 4 rings (SSSR count). The van der Waals surface area contributed by atoms with Gasteiger partial charge in [0.2, 0.25) is 0 Å². The van der Waals surface area contributed by atoms with Crippen LogP contribution in [0.25, 0.3) is 0 Å². The number of nitriles is 1. The van der Waals surface area contributed by atoms with Crippen molar-refractivity contribution in [3.63, 3.8) is 0 Å². The van der Waals surface area contributed by atoms with Crippen molar-refractivity contribution in [2.75, 3.05) is 6.54 Å². The van der Waals surface area contributed by atoms with Gasteiger partial charge in [-0.15, -0.1) is 5.53 Å². The number of allylic oxidation sites excluding steroid dienone is 3. The van der Waals surface area contributed by atoms with E-state index in [9.17, 15) is 0 Å². The van der Waals surface area contributed by atoms with Crippen molar-refractivity contribution in [2.24, 2.45) is 5.92 Å². The summed E-state index contributed by atoms with van der Waals surface area (Å²) in [5, 5.41) is 13.0. The third kappa shape index (κ3) is 3.03. The number of nitrogens with one attached hydrogen (secondary N) is 1. The van der Waals surface area contributed by atoms with E-state index >= 15 is 0 Å². The lowest BCUT2D eigenvalue weighted by atomic mass is 9.70. The van der Waals surface area contributed by atoms with Gasteiger partial charge >= 0.3 is 0 Å². The Morgan fingerprint density at radius 3 is 2.19 bits per heavy atom. The van der Waals surface area contributed by atoms with Crippen LogP contribution in [0.15, 0.2) is 97.4 Å². The molecule has 1 N–H and O–H groups in total. The molecule has 0 amide bonds. The minimum absolute atomic E-state index is 0.228. The van der Waals surface area contributed by atoms with Gasteiger partial charge in [0.25, 0.3) is 0 Å². The quantitative estimate of drug-likeness (QED) is 0.821. The van der Waals surface area contributed by atoms with Gasteiger partial charge in [0.05, 0.1) is 6.07 Å². The average Bonchev–Trinajstić information content (AvgIpc) is 3.20. The predicted molar refractivity (Wildman–Crippen MR) is 106 cm³/mol. The van der Waals surface area contributed by atoms with Crippen LogP contribution < -0.4 is 5.53 Å². The van der Waals surface area contributed by atoms with Crippen LogP contribution in [-0.2, 0) is 5.54 Å². The van der Waals surface area contributed by atoms with Gasteiger partial charge in [-0.25, -0.2) is 0 Å². The molecule has 0 radical (unpaired) electrons. The lowest BCUT2D eigenvalue weighted by Crippen LogP contribution is -2.56. The minimum Gasteiger partial charge on any atom is -0.282 e. The van der Waals surface area contributed by atoms with Crippen molar-refractivity contribution in [2.45, 2.75) is 12.0 Å². The first-order valence-corrected chi connectivity index (χ1v) is 9.17. The summed E-state index contributed by atoms with van der Waals surface area (Å²) in [6.07, 6.45) is 13.6. The summed E-state index contributed by atoms with van der Waals surface area (Å²) in [6.45, 7) is 0.285. The van der Waals surface area contributed by atoms with Gasteiger partial charge in [-0.2, -0.15) is 5.26 Å². The summed E-state index contributed by atoms with van der Waals surface area (Å²) < 4.78 is 0. The zero-order valence-corrected chi connectivity index (χ0v) is 15.1. The van der Waals surface area contributed by atoms with Crippen LogP contribution in [0, 0.1) is 17.2 Å². The number of hydrogen-bond donors (Lipinski definition) is 1. The van der Waals surface area contributed by atoms with Crippen LogP contribution in [0.1, 0.15) is 17.5 Å². The Balaban J connectivity index is 1.90. The Hall–Kier alpha value is -3.29. The van der Waals surface area contributed by atoms with E-state index in [4.69, 9.17) is 5.26 Å². The van der Waals surface area contributed by atoms with Gasteiger partial charge in [0, 0.05) is 18.3 Å². The third-order valence-corrected chi connectivity index (χ3v) is 5.20. The SMILES string of the molecule is N#CCN1C=CN(C(c2ccccc2)(c2ccccc2)C2C=CC=CC2)N1. The molecule has 0 saturated carbocycles. The monoisotopic (exact) mass is 354 g/mol. The van der Waals surface area contributed by atoms with E-state index in [1.54, 1.807) is 0 Å². The molecule has 4 nitrogen and oxygen atoms in total. The summed E-state index contributed by atoms with van der Waals surface area (Å²) in [6, 6.07) is 23.4. The van der Waals surface area contributed by atoms with Crippen molar-refractivity contribution in [3.05, 3.63) is 108 Å². The first-order valence-electron chi connectivity index (χ1n) is 9.17. The lowest BCUT2D eigenvalue weighted by molar-refractivity contribution is 0.0318. The molecule has 134 valence electrons. The molecular weight excluding hydrogens is 332 g/mol. The minimum atomic E-state index is -0.440. The Morgan fingerprint density at radius 1 is 0.963 bits per heavy atom. The van der Waals surface area contributed by atoms with Crippen molar-refractivity contribution in [1.82, 2.24) is 15.6 Å². The number of benzene rings is 2. The topological polar surface area (TPSA) is 42.3 Å². The van der Waals surface area contributed by atoms with Crippen LogP contribution in [-0.4, -0.2) is 16.6 Å². The van der Waals surface area contributed by atoms with E-state index in [1.807, 2.05) is 29.5 Å². The van der Waals surface area contributed by atoms with Crippen molar-refractivity contribution < 1.29 is 0 Å². The maximum absolute atomic E-state index is 9.09. The van der Waals surface area contributed by atoms with Crippen LogP contribution in [0.5, 0.6) is 0 Å². The second-order valence-electron chi connectivity index (χ2n) is 6.71. The Bertz CT molecular complexity index is 853. The van der Waals surface area contributed by atoms with E-state index in [-0.39, 0.29) is 12.5 Å². The van der Waals surface area contributed by atoms with Crippen molar-refractivity contribution >= 4 is 0 Å². The molecule has 1 unspecified atom stereocenters. The van der Waals surface area contributed by atoms with E-state index in [0.29, 0.717) is 0 Å². The van der Waals surface area contributed by atoms with Crippen LogP contribution in [0.2, 0.25) is 0 Å². The number of hydrazine groups is 2. The largest absolute Gasteiger partial charge is 0.282 e. The summed E-state index contributed by atoms with van der Waals surface area (Å²) in [7, 11) is 0. The Kier molecular flexibility index (Phi) is 4.78. The highest BCUT2D eigenvalue weighted by Gasteiger charge is 2.46. The maximum atomic E-state index is 9.09. The molecule has 0 bridgehead atoms. The smallest absolute Gasteiger partial charge is 0.122 e. The summed E-state index contributed by atoms with van der Waals surface area (Å²) >= 11 is 0. The molecule has 1 heterocycles. The van der Waals surface area contributed by atoms with Crippen molar-refractivity contribution in [1.29, 1.82) is 5.26 Å².